The van der Waals surface area contributed by atoms with Gasteiger partial charge in [0, 0.05) is 66.7 Å². The Hall–Kier alpha value is -5.34. The lowest BCUT2D eigenvalue weighted by molar-refractivity contribution is 0.00578. The summed E-state index contributed by atoms with van der Waals surface area (Å²) in [5.74, 6) is -1.71. The van der Waals surface area contributed by atoms with Crippen LogP contribution in [0.4, 0.5) is 28.9 Å². The Balaban J connectivity index is 0.000000184. The maximum Gasteiger partial charge on any atom is 0.314 e. The van der Waals surface area contributed by atoms with Gasteiger partial charge in [-0.15, -0.1) is 20.4 Å². The number of pyridine rings is 2. The number of nitrogens with one attached hydrogen (secondary N) is 1. The van der Waals surface area contributed by atoms with Crippen LogP contribution in [0.15, 0.2) is 94.0 Å². The molecule has 0 bridgehead atoms. The van der Waals surface area contributed by atoms with Gasteiger partial charge in [0.1, 0.15) is 0 Å². The van der Waals surface area contributed by atoms with Crippen LogP contribution in [0, 0.1) is 0 Å². The van der Waals surface area contributed by atoms with Crippen LogP contribution < -0.4 is 13.9 Å². The summed E-state index contributed by atoms with van der Waals surface area (Å²) in [6.07, 6.45) is -0.749. The maximum atomic E-state index is 14.0. The van der Waals surface area contributed by atoms with Gasteiger partial charge in [-0.25, -0.2) is 16.8 Å². The lowest BCUT2D eigenvalue weighted by atomic mass is 10.0. The molecule has 2 aromatic carbocycles. The zero-order chi connectivity index (χ0) is 53.0. The van der Waals surface area contributed by atoms with E-state index in [4.69, 9.17) is 32.0 Å². The monoisotopic (exact) mass is 1120 g/mol. The normalized spacial score (nSPS) is 18.0. The second kappa shape index (κ2) is 23.5. The van der Waals surface area contributed by atoms with E-state index in [1.165, 1.54) is 21.0 Å². The van der Waals surface area contributed by atoms with Crippen LogP contribution in [0.5, 0.6) is 0 Å². The quantitative estimate of drug-likeness (QED) is 0.0858. The number of sulfonamides is 2. The predicted octanol–water partition coefficient (Wildman–Crippen LogP) is 8.11. The lowest BCUT2D eigenvalue weighted by Gasteiger charge is -2.49. The molecule has 1 N–H and O–H groups in total. The first kappa shape index (κ1) is 54.4. The molecule has 6 aromatic rings. The Morgan fingerprint density at radius 1 is 0.627 bits per heavy atom. The molecule has 4 aromatic heterocycles. The Kier molecular flexibility index (Phi) is 17.1. The number of piperidine rings is 2. The van der Waals surface area contributed by atoms with Crippen molar-refractivity contribution in [1.29, 1.82) is 0 Å². The SMILES string of the molecule is CC(C)N1CC(N2CCC(S(=O)(=O)N(Cc3ccc(-c4nnc(C(F)F)o4)cn3)c3cccc(Cl)c3)CC2)C1.O=S(=O)(C1CCN(C2CNC2)CC1)N(Cc1ccc(-c2nnc(C(F)F)o2)cn1)c1cccc(Cl)c1. The molecule has 0 aliphatic carbocycles. The maximum absolute atomic E-state index is 14.0. The van der Waals surface area contributed by atoms with E-state index in [1.54, 1.807) is 72.8 Å². The molecule has 18 nitrogen and oxygen atoms in total. The van der Waals surface area contributed by atoms with E-state index in [-0.39, 0.29) is 24.9 Å². The molecule has 75 heavy (non-hydrogen) atoms. The van der Waals surface area contributed by atoms with Gasteiger partial charge < -0.3 is 14.2 Å². The second-order valence-electron chi connectivity index (χ2n) is 19.1. The third-order valence-corrected chi connectivity index (χ3v) is 19.0. The Morgan fingerprint density at radius 3 is 1.39 bits per heavy atom. The summed E-state index contributed by atoms with van der Waals surface area (Å²) in [5, 5.41) is 17.0. The van der Waals surface area contributed by atoms with E-state index in [9.17, 15) is 34.4 Å². The van der Waals surface area contributed by atoms with Crippen molar-refractivity contribution in [2.75, 3.05) is 61.0 Å². The van der Waals surface area contributed by atoms with Crippen LogP contribution in [0.1, 0.15) is 75.6 Å². The fourth-order valence-corrected chi connectivity index (χ4v) is 13.6. The first-order chi connectivity index (χ1) is 35.9. The fraction of sp³-hybridized carbons (Fsp3) is 0.469. The number of hydrogen-bond acceptors (Lipinski definition) is 16. The number of rotatable bonds is 17. The lowest BCUT2D eigenvalue weighted by Crippen LogP contribution is -2.63. The van der Waals surface area contributed by atoms with Crippen molar-refractivity contribution in [2.24, 2.45) is 0 Å². The highest BCUT2D eigenvalue weighted by atomic mass is 35.5. The largest absolute Gasteiger partial charge is 0.415 e. The summed E-state index contributed by atoms with van der Waals surface area (Å²) in [4.78, 5) is 15.9. The molecule has 4 aliphatic rings. The Morgan fingerprint density at radius 2 is 1.05 bits per heavy atom. The van der Waals surface area contributed by atoms with Crippen molar-refractivity contribution in [3.8, 4) is 22.9 Å². The minimum atomic E-state index is -3.75. The molecule has 26 heteroatoms. The molecule has 0 radical (unpaired) electrons. The summed E-state index contributed by atoms with van der Waals surface area (Å²) in [6.45, 7) is 11.2. The first-order valence-electron chi connectivity index (χ1n) is 24.5. The molecule has 4 fully saturated rings. The topological polar surface area (TPSA) is 200 Å². The van der Waals surface area contributed by atoms with E-state index in [0.717, 1.165) is 52.4 Å². The Labute approximate surface area is 442 Å². The summed E-state index contributed by atoms with van der Waals surface area (Å²) in [5.41, 5.74) is 2.56. The number of nitrogens with zero attached hydrogens (tertiary/aromatic N) is 11. The standard InChI is InChI=1S/C26H31ClF2N6O3S.C23H25ClF2N6O3S/c1-17(2)34-15-22(16-34)33-10-8-23(9-11-33)39(36,37)35(21-5-3-4-19(27)12-21)14-20-7-6-18(13-30-20)25-31-32-26(38-25)24(28)29;24-16-2-1-3-18(10-16)32(36(33,34)20-6-8-31(9-7-20)19-12-27-13-19)14-17-5-4-15(11-28-17)22-29-30-23(35-22)21(25)26/h3-7,12-13,17,22-24H,8-11,14-16H2,1-2H3;1-5,10-11,19-21,27H,6-9,12-14H2. The zero-order valence-electron chi connectivity index (χ0n) is 41.0. The molecule has 0 atom stereocenters. The molecule has 4 saturated heterocycles. The second-order valence-corrected chi connectivity index (χ2v) is 24.3. The molecule has 0 unspecified atom stereocenters. The van der Waals surface area contributed by atoms with Crippen LogP contribution in [-0.2, 0) is 33.1 Å². The molecule has 402 valence electrons. The van der Waals surface area contributed by atoms with Crippen LogP contribution in [0.2, 0.25) is 10.0 Å². The molecular formula is C49H56Cl2F4N12O6S2. The summed E-state index contributed by atoms with van der Waals surface area (Å²) in [6, 6.07) is 21.4. The number of alkyl halides is 4. The molecule has 4 aliphatic heterocycles. The minimum Gasteiger partial charge on any atom is -0.415 e. The number of benzene rings is 2. The van der Waals surface area contributed by atoms with Crippen molar-refractivity contribution in [1.82, 2.24) is 50.4 Å². The van der Waals surface area contributed by atoms with Crippen LogP contribution in [0.3, 0.4) is 0 Å². The van der Waals surface area contributed by atoms with Gasteiger partial charge in [0.25, 0.3) is 11.8 Å². The van der Waals surface area contributed by atoms with E-state index >= 15 is 0 Å². The smallest absolute Gasteiger partial charge is 0.314 e. The summed E-state index contributed by atoms with van der Waals surface area (Å²) in [7, 11) is -7.48. The van der Waals surface area contributed by atoms with Gasteiger partial charge >= 0.3 is 12.9 Å². The Bertz CT molecular complexity index is 3080. The van der Waals surface area contributed by atoms with Gasteiger partial charge in [-0.2, -0.15) is 17.6 Å². The van der Waals surface area contributed by atoms with E-state index < -0.39 is 55.2 Å². The third kappa shape index (κ3) is 12.8. The average Bonchev–Trinajstić information content (AvgIpc) is 4.08. The van der Waals surface area contributed by atoms with Crippen molar-refractivity contribution in [3.63, 3.8) is 0 Å². The van der Waals surface area contributed by atoms with Crippen LogP contribution >= 0.6 is 23.2 Å². The number of hydrogen-bond donors (Lipinski definition) is 1. The highest BCUT2D eigenvalue weighted by Crippen LogP contribution is 2.34. The fourth-order valence-electron chi connectivity index (χ4n) is 9.49. The molecule has 8 heterocycles. The van der Waals surface area contributed by atoms with E-state index in [1.807, 2.05) is 0 Å². The number of halogens is 6. The number of aromatic nitrogens is 6. The summed E-state index contributed by atoms with van der Waals surface area (Å²) < 4.78 is 119. The highest BCUT2D eigenvalue weighted by Gasteiger charge is 2.41. The third-order valence-electron chi connectivity index (χ3n) is 14.0. The van der Waals surface area contributed by atoms with Crippen molar-refractivity contribution >= 4 is 54.6 Å². The van der Waals surface area contributed by atoms with Crippen molar-refractivity contribution in [3.05, 3.63) is 118 Å². The predicted molar refractivity (Wildman–Crippen MR) is 274 cm³/mol. The molecule has 0 saturated carbocycles. The van der Waals surface area contributed by atoms with Crippen LogP contribution in [-0.4, -0.2) is 143 Å². The number of likely N-dealkylation sites (tertiary alicyclic amines) is 3. The molecule has 10 rings (SSSR count). The van der Waals surface area contributed by atoms with E-state index in [2.05, 4.69) is 64.2 Å². The summed E-state index contributed by atoms with van der Waals surface area (Å²) >= 11 is 12.4. The minimum absolute atomic E-state index is 0.0121. The number of anilines is 2. The highest BCUT2D eigenvalue weighted by molar-refractivity contribution is 7.93. The van der Waals surface area contributed by atoms with Crippen molar-refractivity contribution < 1.29 is 43.2 Å². The molecular weight excluding hydrogens is 1060 g/mol. The van der Waals surface area contributed by atoms with Gasteiger partial charge in [-0.05, 0) is 126 Å². The van der Waals surface area contributed by atoms with Gasteiger partial charge in [-0.1, -0.05) is 35.3 Å². The molecule has 0 amide bonds. The first-order valence-corrected chi connectivity index (χ1v) is 28.3. The van der Waals surface area contributed by atoms with Gasteiger partial charge in [0.15, 0.2) is 0 Å². The van der Waals surface area contributed by atoms with Crippen LogP contribution in [0.25, 0.3) is 22.9 Å². The van der Waals surface area contributed by atoms with Gasteiger partial charge in [0.2, 0.25) is 31.8 Å². The van der Waals surface area contributed by atoms with Crippen molar-refractivity contribution in [2.45, 2.75) is 94.1 Å². The molecule has 0 spiro atoms. The zero-order valence-corrected chi connectivity index (χ0v) is 44.1. The average molecular weight is 1120 g/mol. The van der Waals surface area contributed by atoms with Gasteiger partial charge in [-0.3, -0.25) is 33.3 Å². The van der Waals surface area contributed by atoms with E-state index in [0.29, 0.717) is 87.7 Å². The van der Waals surface area contributed by atoms with Gasteiger partial charge in [0.05, 0.1) is 57.5 Å².